The van der Waals surface area contributed by atoms with Crippen molar-refractivity contribution in [3.8, 4) is 44.9 Å². The molecule has 55 heavy (non-hydrogen) atoms. The Hall–Kier alpha value is -7.16. The van der Waals surface area contributed by atoms with Gasteiger partial charge in [-0.15, -0.1) is 0 Å². The van der Waals surface area contributed by atoms with Crippen LogP contribution in [0.4, 0.5) is 17.1 Å². The Balaban J connectivity index is 1.19. The molecule has 0 saturated heterocycles. The largest absolute Gasteiger partial charge is 0.457 e. The molecule has 9 aromatic carbocycles. The molecule has 1 spiro atoms. The van der Waals surface area contributed by atoms with E-state index in [-0.39, 0.29) is 0 Å². The zero-order chi connectivity index (χ0) is 36.3. The number of rotatable bonds is 5. The molecular weight excluding hydrogens is 667 g/mol. The average Bonchev–Trinajstić information content (AvgIpc) is 3.55. The number of para-hydroxylation sites is 2. The molecule has 258 valence electrons. The summed E-state index contributed by atoms with van der Waals surface area (Å²) in [5.74, 6) is 1.78. The van der Waals surface area contributed by atoms with Gasteiger partial charge in [-0.25, -0.2) is 0 Å². The van der Waals surface area contributed by atoms with Crippen molar-refractivity contribution in [3.63, 3.8) is 0 Å². The summed E-state index contributed by atoms with van der Waals surface area (Å²) in [6.07, 6.45) is 0. The van der Waals surface area contributed by atoms with Crippen molar-refractivity contribution in [2.75, 3.05) is 4.90 Å². The lowest BCUT2D eigenvalue weighted by atomic mass is 9.66. The fraction of sp³-hybridized carbons (Fsp3) is 0.0189. The molecule has 9 aromatic rings. The Bertz CT molecular complexity index is 2850. The topological polar surface area (TPSA) is 12.5 Å². The van der Waals surface area contributed by atoms with E-state index >= 15 is 0 Å². The summed E-state index contributed by atoms with van der Waals surface area (Å²) in [4.78, 5) is 2.41. The minimum Gasteiger partial charge on any atom is -0.457 e. The summed E-state index contributed by atoms with van der Waals surface area (Å²) in [6.45, 7) is 0. The van der Waals surface area contributed by atoms with Gasteiger partial charge in [-0.1, -0.05) is 164 Å². The number of benzene rings is 9. The molecule has 1 heterocycles. The fourth-order valence-corrected chi connectivity index (χ4v) is 9.13. The SMILES string of the molecule is c1ccc(-c2ccc(N(c3cccc(-c4ccccc4)c3)c3ccc4c(c3)C3(c5ccccc5Oc5ccccc53)c3ccc5ccccc5c3-4)cc2)cc1. The summed E-state index contributed by atoms with van der Waals surface area (Å²) in [7, 11) is 0. The molecule has 0 unspecified atom stereocenters. The van der Waals surface area contributed by atoms with E-state index in [9.17, 15) is 0 Å². The first-order valence-electron chi connectivity index (χ1n) is 18.9. The van der Waals surface area contributed by atoms with Crippen LogP contribution in [-0.4, -0.2) is 0 Å². The van der Waals surface area contributed by atoms with Gasteiger partial charge < -0.3 is 9.64 Å². The molecule has 2 heteroatoms. The van der Waals surface area contributed by atoms with Crippen molar-refractivity contribution in [2.45, 2.75) is 5.41 Å². The highest BCUT2D eigenvalue weighted by Gasteiger charge is 2.51. The van der Waals surface area contributed by atoms with Gasteiger partial charge >= 0.3 is 0 Å². The van der Waals surface area contributed by atoms with Crippen molar-refractivity contribution in [1.29, 1.82) is 0 Å². The van der Waals surface area contributed by atoms with Crippen LogP contribution < -0.4 is 9.64 Å². The van der Waals surface area contributed by atoms with E-state index in [0.717, 1.165) is 39.7 Å². The third-order valence-corrected chi connectivity index (χ3v) is 11.5. The van der Waals surface area contributed by atoms with Gasteiger partial charge in [-0.3, -0.25) is 0 Å². The van der Waals surface area contributed by atoms with E-state index in [1.165, 1.54) is 55.3 Å². The smallest absolute Gasteiger partial charge is 0.132 e. The van der Waals surface area contributed by atoms with Crippen LogP contribution in [0.2, 0.25) is 0 Å². The second kappa shape index (κ2) is 12.5. The Morgan fingerprint density at radius 1 is 0.345 bits per heavy atom. The van der Waals surface area contributed by atoms with Crippen molar-refractivity contribution < 1.29 is 4.74 Å². The van der Waals surface area contributed by atoms with E-state index in [0.29, 0.717) is 0 Å². The second-order valence-corrected chi connectivity index (χ2v) is 14.4. The van der Waals surface area contributed by atoms with Crippen LogP contribution in [0.25, 0.3) is 44.2 Å². The van der Waals surface area contributed by atoms with E-state index in [2.05, 4.69) is 217 Å². The molecule has 0 radical (unpaired) electrons. The average molecular weight is 702 g/mol. The maximum absolute atomic E-state index is 6.69. The Morgan fingerprint density at radius 3 is 1.64 bits per heavy atom. The number of hydrogen-bond acceptors (Lipinski definition) is 2. The monoisotopic (exact) mass is 701 g/mol. The van der Waals surface area contributed by atoms with Gasteiger partial charge in [0.1, 0.15) is 11.5 Å². The Kier molecular flexibility index (Phi) is 7.11. The lowest BCUT2D eigenvalue weighted by Crippen LogP contribution is -2.32. The van der Waals surface area contributed by atoms with Crippen LogP contribution in [0, 0.1) is 0 Å². The van der Waals surface area contributed by atoms with Gasteiger partial charge in [0.15, 0.2) is 0 Å². The van der Waals surface area contributed by atoms with Crippen molar-refractivity contribution in [1.82, 2.24) is 0 Å². The molecule has 2 aliphatic rings. The van der Waals surface area contributed by atoms with Crippen molar-refractivity contribution in [2.24, 2.45) is 0 Å². The molecule has 0 aromatic heterocycles. The summed E-state index contributed by atoms with van der Waals surface area (Å²) in [6, 6.07) is 76.9. The van der Waals surface area contributed by atoms with E-state index in [1.807, 2.05) is 0 Å². The molecule has 0 fully saturated rings. The van der Waals surface area contributed by atoms with Gasteiger partial charge in [0.25, 0.3) is 0 Å². The Morgan fingerprint density at radius 2 is 0.909 bits per heavy atom. The summed E-state index contributed by atoms with van der Waals surface area (Å²) in [5, 5.41) is 2.50. The van der Waals surface area contributed by atoms with Gasteiger partial charge in [-0.05, 0) is 104 Å². The lowest BCUT2D eigenvalue weighted by Gasteiger charge is -2.39. The zero-order valence-electron chi connectivity index (χ0n) is 30.1. The zero-order valence-corrected chi connectivity index (χ0v) is 30.1. The standard InChI is InChI=1S/C53H35NO/c1-3-14-36(15-4-1)38-26-29-41(30-27-38)54(42-20-13-19-40(34-42)37-16-5-2-6-17-37)43-31-32-45-49(35-43)53(48-33-28-39-18-7-8-21-44(39)52(45)48)46-22-9-11-24-50(46)55-51-25-12-10-23-47(51)53/h1-35H. The molecule has 0 N–H and O–H groups in total. The van der Waals surface area contributed by atoms with Gasteiger partial charge in [0.2, 0.25) is 0 Å². The van der Waals surface area contributed by atoms with E-state index < -0.39 is 5.41 Å². The van der Waals surface area contributed by atoms with Crippen molar-refractivity contribution >= 4 is 27.8 Å². The predicted molar refractivity (Wildman–Crippen MR) is 227 cm³/mol. The number of anilines is 3. The van der Waals surface area contributed by atoms with Gasteiger partial charge in [0, 0.05) is 28.2 Å². The Labute approximate surface area is 321 Å². The molecule has 2 nitrogen and oxygen atoms in total. The van der Waals surface area contributed by atoms with Crippen LogP contribution in [0.1, 0.15) is 22.3 Å². The maximum Gasteiger partial charge on any atom is 0.132 e. The molecule has 0 saturated carbocycles. The molecule has 0 atom stereocenters. The summed E-state index contributed by atoms with van der Waals surface area (Å²) >= 11 is 0. The van der Waals surface area contributed by atoms with Crippen LogP contribution in [0.3, 0.4) is 0 Å². The lowest BCUT2D eigenvalue weighted by molar-refractivity contribution is 0.436. The maximum atomic E-state index is 6.69. The van der Waals surface area contributed by atoms with E-state index in [1.54, 1.807) is 0 Å². The molecular formula is C53H35NO. The van der Waals surface area contributed by atoms with E-state index in [4.69, 9.17) is 4.74 Å². The minimum absolute atomic E-state index is 0.592. The predicted octanol–water partition coefficient (Wildman–Crippen LogP) is 14.1. The van der Waals surface area contributed by atoms with Crippen LogP contribution in [0.15, 0.2) is 212 Å². The highest BCUT2D eigenvalue weighted by molar-refractivity contribution is 6.05. The molecule has 0 bridgehead atoms. The van der Waals surface area contributed by atoms with Crippen LogP contribution >= 0.6 is 0 Å². The second-order valence-electron chi connectivity index (χ2n) is 14.4. The normalized spacial score (nSPS) is 13.0. The molecule has 0 amide bonds. The first kappa shape index (κ1) is 31.4. The first-order valence-corrected chi connectivity index (χ1v) is 18.9. The highest BCUT2D eigenvalue weighted by Crippen LogP contribution is 2.63. The quantitative estimate of drug-likeness (QED) is 0.177. The molecule has 1 aliphatic heterocycles. The minimum atomic E-state index is -0.592. The number of nitrogens with zero attached hydrogens (tertiary/aromatic N) is 1. The van der Waals surface area contributed by atoms with Crippen LogP contribution in [-0.2, 0) is 5.41 Å². The number of ether oxygens (including phenoxy) is 1. The molecule has 1 aliphatic carbocycles. The fourth-order valence-electron chi connectivity index (χ4n) is 9.13. The van der Waals surface area contributed by atoms with Crippen LogP contribution in [0.5, 0.6) is 11.5 Å². The summed E-state index contributed by atoms with van der Waals surface area (Å²) < 4.78 is 6.69. The van der Waals surface area contributed by atoms with Crippen molar-refractivity contribution in [3.05, 3.63) is 235 Å². The van der Waals surface area contributed by atoms with Gasteiger partial charge in [-0.2, -0.15) is 0 Å². The highest BCUT2D eigenvalue weighted by atomic mass is 16.5. The van der Waals surface area contributed by atoms with Gasteiger partial charge in [0.05, 0.1) is 5.41 Å². The third kappa shape index (κ3) is 4.82. The number of hydrogen-bond donors (Lipinski definition) is 0. The number of fused-ring (bicyclic) bond motifs is 11. The first-order chi connectivity index (χ1) is 27.3. The molecule has 11 rings (SSSR count). The summed E-state index contributed by atoms with van der Waals surface area (Å²) in [5.41, 5.74) is 14.8. The third-order valence-electron chi connectivity index (χ3n) is 11.5.